The van der Waals surface area contributed by atoms with Crippen molar-refractivity contribution in [3.8, 4) is 0 Å². The number of nitrogens with one attached hydrogen (secondary N) is 1. The molecule has 0 bridgehead atoms. The second-order valence-corrected chi connectivity index (χ2v) is 6.43. The first kappa shape index (κ1) is 17.3. The van der Waals surface area contributed by atoms with Crippen LogP contribution in [0.4, 0.5) is 8.78 Å². The Balaban J connectivity index is 1.43. The quantitative estimate of drug-likeness (QED) is 0.807. The molecule has 2 N–H and O–H groups in total. The fraction of sp³-hybridized carbons (Fsp3) is 0.588. The highest BCUT2D eigenvalue weighted by Crippen LogP contribution is 2.48. The number of benzene rings is 1. The third-order valence-electron chi connectivity index (χ3n) is 4.57. The van der Waals surface area contributed by atoms with E-state index in [0.717, 1.165) is 19.2 Å². The third kappa shape index (κ3) is 4.28. The number of morpholine rings is 1. The number of hydrogen-bond donors (Lipinski definition) is 2. The molecular weight excluding hydrogens is 318 g/mol. The van der Waals surface area contributed by atoms with Gasteiger partial charge in [0.25, 0.3) is 0 Å². The first-order valence-corrected chi connectivity index (χ1v) is 8.25. The van der Waals surface area contributed by atoms with E-state index in [1.165, 1.54) is 12.1 Å². The summed E-state index contributed by atoms with van der Waals surface area (Å²) in [5.74, 6) is -1.93. The number of hydrogen-bond acceptors (Lipinski definition) is 4. The Morgan fingerprint density at radius 3 is 2.83 bits per heavy atom. The van der Waals surface area contributed by atoms with Crippen LogP contribution in [-0.4, -0.2) is 61.4 Å². The molecule has 2 fully saturated rings. The number of nitrogens with zero attached hydrogens (tertiary/aromatic N) is 1. The largest absolute Gasteiger partial charge is 0.390 e. The number of ether oxygens (including phenoxy) is 1. The first-order chi connectivity index (χ1) is 11.5. The van der Waals surface area contributed by atoms with E-state index in [1.54, 1.807) is 0 Å². The summed E-state index contributed by atoms with van der Waals surface area (Å²) in [6.07, 6.45) is -0.0969. The fourth-order valence-electron chi connectivity index (χ4n) is 3.13. The summed E-state index contributed by atoms with van der Waals surface area (Å²) in [6.45, 7) is 3.53. The predicted octanol–water partition coefficient (Wildman–Crippen LogP) is 0.878. The number of carbonyl (C=O) groups excluding carboxylic acids is 1. The van der Waals surface area contributed by atoms with E-state index >= 15 is 0 Å². The Morgan fingerprint density at radius 1 is 1.38 bits per heavy atom. The van der Waals surface area contributed by atoms with Crippen molar-refractivity contribution >= 4 is 5.91 Å². The van der Waals surface area contributed by atoms with Crippen molar-refractivity contribution in [3.63, 3.8) is 0 Å². The molecular formula is C17H22F2N2O3. The van der Waals surface area contributed by atoms with Crippen molar-refractivity contribution in [2.45, 2.75) is 18.4 Å². The Kier molecular flexibility index (Phi) is 5.43. The van der Waals surface area contributed by atoms with Gasteiger partial charge in [0.05, 0.1) is 19.3 Å². The van der Waals surface area contributed by atoms with E-state index in [4.69, 9.17) is 4.74 Å². The third-order valence-corrected chi connectivity index (χ3v) is 4.57. The van der Waals surface area contributed by atoms with Gasteiger partial charge in [0.2, 0.25) is 5.91 Å². The summed E-state index contributed by atoms with van der Waals surface area (Å²) in [4.78, 5) is 14.2. The molecule has 3 unspecified atom stereocenters. The van der Waals surface area contributed by atoms with Crippen LogP contribution in [0, 0.1) is 17.6 Å². The van der Waals surface area contributed by atoms with Crippen molar-refractivity contribution in [3.05, 3.63) is 35.4 Å². The number of amides is 1. The second-order valence-electron chi connectivity index (χ2n) is 6.43. The van der Waals surface area contributed by atoms with E-state index in [0.29, 0.717) is 31.7 Å². The minimum atomic E-state index is -0.646. The highest BCUT2D eigenvalue weighted by Gasteiger charge is 2.45. The number of aliphatic hydroxyl groups excluding tert-OH is 1. The van der Waals surface area contributed by atoms with Crippen molar-refractivity contribution in [2.75, 3.05) is 39.4 Å². The molecule has 132 valence electrons. The zero-order chi connectivity index (χ0) is 17.1. The summed E-state index contributed by atoms with van der Waals surface area (Å²) < 4.78 is 31.9. The van der Waals surface area contributed by atoms with Gasteiger partial charge < -0.3 is 15.2 Å². The Morgan fingerprint density at radius 2 is 2.12 bits per heavy atom. The molecule has 1 aliphatic carbocycles. The lowest BCUT2D eigenvalue weighted by Gasteiger charge is -2.28. The minimum Gasteiger partial charge on any atom is -0.390 e. The Labute approximate surface area is 139 Å². The van der Waals surface area contributed by atoms with Crippen LogP contribution in [0.5, 0.6) is 0 Å². The molecule has 2 aliphatic rings. The molecule has 3 atom stereocenters. The molecule has 1 aromatic rings. The number of aliphatic hydroxyl groups is 1. The standard InChI is InChI=1S/C17H22F2N2O3/c18-11-1-2-13(16(19)7-11)14-8-15(14)17(23)20-9-12(22)10-21-3-5-24-6-4-21/h1-2,7,12,14-15,22H,3-6,8-10H2,(H,20,23). The van der Waals surface area contributed by atoms with Crippen LogP contribution in [-0.2, 0) is 9.53 Å². The van der Waals surface area contributed by atoms with E-state index < -0.39 is 17.7 Å². The van der Waals surface area contributed by atoms with Crippen LogP contribution in [0.25, 0.3) is 0 Å². The smallest absolute Gasteiger partial charge is 0.223 e. The average molecular weight is 340 g/mol. The molecule has 1 heterocycles. The fourth-order valence-corrected chi connectivity index (χ4v) is 3.13. The number of rotatable bonds is 6. The zero-order valence-electron chi connectivity index (χ0n) is 13.4. The molecule has 1 saturated heterocycles. The molecule has 1 aliphatic heterocycles. The highest BCUT2D eigenvalue weighted by molar-refractivity contribution is 5.82. The van der Waals surface area contributed by atoms with Gasteiger partial charge in [-0.2, -0.15) is 0 Å². The molecule has 0 aromatic heterocycles. The van der Waals surface area contributed by atoms with E-state index in [2.05, 4.69) is 10.2 Å². The van der Waals surface area contributed by atoms with Crippen LogP contribution in [0.15, 0.2) is 18.2 Å². The van der Waals surface area contributed by atoms with Crippen LogP contribution in [0.3, 0.4) is 0 Å². The van der Waals surface area contributed by atoms with Crippen molar-refractivity contribution in [1.82, 2.24) is 10.2 Å². The molecule has 3 rings (SSSR count). The molecule has 7 heteroatoms. The lowest BCUT2D eigenvalue weighted by Crippen LogP contribution is -2.44. The summed E-state index contributed by atoms with van der Waals surface area (Å²) >= 11 is 0. The minimum absolute atomic E-state index is 0.172. The molecule has 1 saturated carbocycles. The molecule has 0 spiro atoms. The zero-order valence-corrected chi connectivity index (χ0v) is 13.4. The van der Waals surface area contributed by atoms with Crippen molar-refractivity contribution in [1.29, 1.82) is 0 Å². The molecule has 1 amide bonds. The van der Waals surface area contributed by atoms with Crippen LogP contribution >= 0.6 is 0 Å². The molecule has 5 nitrogen and oxygen atoms in total. The maximum atomic E-state index is 13.7. The van der Waals surface area contributed by atoms with Crippen molar-refractivity contribution in [2.24, 2.45) is 5.92 Å². The van der Waals surface area contributed by atoms with Gasteiger partial charge in [0.15, 0.2) is 0 Å². The van der Waals surface area contributed by atoms with Gasteiger partial charge in [-0.3, -0.25) is 9.69 Å². The first-order valence-electron chi connectivity index (χ1n) is 8.25. The molecule has 0 radical (unpaired) electrons. The van der Waals surface area contributed by atoms with Crippen LogP contribution < -0.4 is 5.32 Å². The van der Waals surface area contributed by atoms with E-state index in [9.17, 15) is 18.7 Å². The van der Waals surface area contributed by atoms with E-state index in [1.807, 2.05) is 0 Å². The van der Waals surface area contributed by atoms with Gasteiger partial charge in [0, 0.05) is 38.2 Å². The number of β-amino-alcohol motifs (C(OH)–C–C–N with tert-alkyl or cyclic N) is 1. The van der Waals surface area contributed by atoms with Gasteiger partial charge in [0.1, 0.15) is 11.6 Å². The highest BCUT2D eigenvalue weighted by atomic mass is 19.1. The van der Waals surface area contributed by atoms with Gasteiger partial charge in [-0.05, 0) is 24.0 Å². The average Bonchev–Trinajstić information content (AvgIpc) is 3.34. The lowest BCUT2D eigenvalue weighted by atomic mass is 10.1. The maximum absolute atomic E-state index is 13.7. The van der Waals surface area contributed by atoms with Gasteiger partial charge in [-0.1, -0.05) is 6.07 Å². The summed E-state index contributed by atoms with van der Waals surface area (Å²) in [7, 11) is 0. The van der Waals surface area contributed by atoms with Crippen LogP contribution in [0.2, 0.25) is 0 Å². The SMILES string of the molecule is O=C(NCC(O)CN1CCOCC1)C1CC1c1ccc(F)cc1F. The van der Waals surface area contributed by atoms with Gasteiger partial charge in [-0.25, -0.2) is 8.78 Å². The second kappa shape index (κ2) is 7.55. The molecule has 24 heavy (non-hydrogen) atoms. The lowest BCUT2D eigenvalue weighted by molar-refractivity contribution is -0.123. The number of carbonyl (C=O) groups is 1. The predicted molar refractivity (Wildman–Crippen MR) is 83.5 cm³/mol. The topological polar surface area (TPSA) is 61.8 Å². The summed E-state index contributed by atoms with van der Waals surface area (Å²) in [5.41, 5.74) is 0.380. The normalized spacial score (nSPS) is 25.3. The Hall–Kier alpha value is -1.57. The van der Waals surface area contributed by atoms with Gasteiger partial charge in [-0.15, -0.1) is 0 Å². The van der Waals surface area contributed by atoms with E-state index in [-0.39, 0.29) is 24.3 Å². The molecule has 1 aromatic carbocycles. The van der Waals surface area contributed by atoms with Gasteiger partial charge >= 0.3 is 0 Å². The summed E-state index contributed by atoms with van der Waals surface area (Å²) in [6, 6.07) is 3.45. The monoisotopic (exact) mass is 340 g/mol. The van der Waals surface area contributed by atoms with Crippen LogP contribution in [0.1, 0.15) is 17.9 Å². The maximum Gasteiger partial charge on any atom is 0.223 e. The van der Waals surface area contributed by atoms with Crippen molar-refractivity contribution < 1.29 is 23.4 Å². The number of halogens is 2. The Bertz CT molecular complexity index is 593. The summed E-state index contributed by atoms with van der Waals surface area (Å²) in [5, 5.41) is 12.7.